The van der Waals surface area contributed by atoms with Gasteiger partial charge in [-0.1, -0.05) is 44.2 Å². The Balaban J connectivity index is 1.39. The van der Waals surface area contributed by atoms with Crippen molar-refractivity contribution < 1.29 is 4.74 Å². The average molecular weight is 511 g/mol. The van der Waals surface area contributed by atoms with Crippen molar-refractivity contribution in [1.29, 1.82) is 0 Å². The normalized spacial score (nSPS) is 14.6. The topological polar surface area (TPSA) is 109 Å². The molecule has 2 aromatic carbocycles. The Morgan fingerprint density at radius 1 is 1.11 bits per heavy atom. The summed E-state index contributed by atoms with van der Waals surface area (Å²) in [5, 5.41) is 9.39. The van der Waals surface area contributed by atoms with Crippen LogP contribution in [0.3, 0.4) is 0 Å². The third-order valence-electron chi connectivity index (χ3n) is 7.42. The fraction of sp³-hybridized carbons (Fsp3) is 0.345. The molecule has 0 radical (unpaired) electrons. The van der Waals surface area contributed by atoms with E-state index in [9.17, 15) is 0 Å². The summed E-state index contributed by atoms with van der Waals surface area (Å²) in [6, 6.07) is 16.8. The van der Waals surface area contributed by atoms with Crippen molar-refractivity contribution in [2.75, 3.05) is 30.4 Å². The molecule has 1 saturated heterocycles. The number of benzene rings is 2. The van der Waals surface area contributed by atoms with E-state index >= 15 is 0 Å². The van der Waals surface area contributed by atoms with Gasteiger partial charge in [-0.2, -0.15) is 19.6 Å². The lowest BCUT2D eigenvalue weighted by Crippen LogP contribution is -2.40. The van der Waals surface area contributed by atoms with Gasteiger partial charge in [0.15, 0.2) is 5.65 Å². The van der Waals surface area contributed by atoms with E-state index in [4.69, 9.17) is 20.4 Å². The van der Waals surface area contributed by atoms with Gasteiger partial charge in [-0.15, -0.1) is 0 Å². The lowest BCUT2D eigenvalue weighted by molar-refractivity contribution is 0.410. The number of nitrogens with one attached hydrogen (secondary N) is 2. The highest BCUT2D eigenvalue weighted by atomic mass is 16.5. The zero-order chi connectivity index (χ0) is 26.2. The maximum Gasteiger partial charge on any atom is 0.230 e. The van der Waals surface area contributed by atoms with Crippen LogP contribution in [0.15, 0.2) is 54.7 Å². The predicted molar refractivity (Wildman–Crippen MR) is 152 cm³/mol. The maximum absolute atomic E-state index is 6.16. The molecule has 196 valence electrons. The van der Waals surface area contributed by atoms with Crippen LogP contribution in [0, 0.1) is 0 Å². The van der Waals surface area contributed by atoms with E-state index in [1.54, 1.807) is 7.11 Å². The first-order valence-electron chi connectivity index (χ1n) is 13.3. The third kappa shape index (κ3) is 4.43. The number of H-pyrrole nitrogens is 1. The van der Waals surface area contributed by atoms with Crippen molar-refractivity contribution in [3.05, 3.63) is 65.9 Å². The molecule has 4 N–H and O–H groups in total. The number of hydrogen-bond acceptors (Lipinski definition) is 7. The second-order valence-corrected chi connectivity index (χ2v) is 10.3. The molecule has 0 spiro atoms. The van der Waals surface area contributed by atoms with Gasteiger partial charge in [0.25, 0.3) is 0 Å². The molecular weight excluding hydrogens is 476 g/mol. The lowest BCUT2D eigenvalue weighted by Gasteiger charge is -2.30. The second-order valence-electron chi connectivity index (χ2n) is 10.3. The predicted octanol–water partition coefficient (Wildman–Crippen LogP) is 4.94. The van der Waals surface area contributed by atoms with Gasteiger partial charge in [-0.3, -0.25) is 0 Å². The van der Waals surface area contributed by atoms with Crippen LogP contribution in [-0.4, -0.2) is 50.8 Å². The second kappa shape index (κ2) is 9.98. The Morgan fingerprint density at radius 2 is 1.92 bits per heavy atom. The van der Waals surface area contributed by atoms with Crippen LogP contribution in [-0.2, 0) is 6.54 Å². The largest absolute Gasteiger partial charge is 0.496 e. The fourth-order valence-corrected chi connectivity index (χ4v) is 5.22. The van der Waals surface area contributed by atoms with E-state index in [0.29, 0.717) is 24.4 Å². The highest BCUT2D eigenvalue weighted by Crippen LogP contribution is 2.33. The number of methoxy groups -OCH3 is 1. The standard InChI is InChI=1S/C29H34N8O/c1-18(2)22-17-32-37-27(22)34-29(36-13-11-20(30)12-14-36)35-28(37)31-16-23-21(8-6-10-26(23)38-3)25-15-19-7-4-5-9-24(19)33-25/h4-10,15,17-18,20,33H,11-14,16,30H2,1-3H3,(H,31,34,35). The minimum Gasteiger partial charge on any atom is -0.496 e. The third-order valence-corrected chi connectivity index (χ3v) is 7.42. The van der Waals surface area contributed by atoms with E-state index in [2.05, 4.69) is 64.5 Å². The Hall–Kier alpha value is -4.11. The molecule has 6 rings (SSSR count). The number of para-hydroxylation sites is 1. The summed E-state index contributed by atoms with van der Waals surface area (Å²) in [4.78, 5) is 15.7. The van der Waals surface area contributed by atoms with Crippen molar-refractivity contribution >= 4 is 28.4 Å². The first-order valence-corrected chi connectivity index (χ1v) is 13.3. The summed E-state index contributed by atoms with van der Waals surface area (Å²) in [5.74, 6) is 2.47. The Morgan fingerprint density at radius 3 is 2.68 bits per heavy atom. The van der Waals surface area contributed by atoms with E-state index in [1.807, 2.05) is 28.9 Å². The minimum atomic E-state index is 0.238. The number of rotatable bonds is 7. The minimum absolute atomic E-state index is 0.238. The Kier molecular flexibility index (Phi) is 6.37. The molecule has 0 atom stereocenters. The lowest BCUT2D eigenvalue weighted by atomic mass is 10.0. The molecule has 5 aromatic rings. The number of ether oxygens (including phenoxy) is 1. The summed E-state index contributed by atoms with van der Waals surface area (Å²) in [7, 11) is 1.71. The quantitative estimate of drug-likeness (QED) is 0.284. The van der Waals surface area contributed by atoms with E-state index < -0.39 is 0 Å². The summed E-state index contributed by atoms with van der Waals surface area (Å²) < 4.78 is 7.60. The molecule has 0 bridgehead atoms. The number of aromatic nitrogens is 5. The van der Waals surface area contributed by atoms with Gasteiger partial charge in [0.2, 0.25) is 11.9 Å². The number of fused-ring (bicyclic) bond motifs is 2. The Labute approximate surface area is 222 Å². The van der Waals surface area contributed by atoms with Crippen LogP contribution >= 0.6 is 0 Å². The van der Waals surface area contributed by atoms with Crippen molar-refractivity contribution in [3.63, 3.8) is 0 Å². The first kappa shape index (κ1) is 24.2. The van der Waals surface area contributed by atoms with E-state index in [0.717, 1.165) is 65.2 Å². The van der Waals surface area contributed by atoms with E-state index in [1.165, 1.54) is 5.39 Å². The van der Waals surface area contributed by atoms with Crippen molar-refractivity contribution in [2.45, 2.75) is 45.2 Å². The number of hydrogen-bond donors (Lipinski definition) is 3. The number of piperidine rings is 1. The molecule has 1 aliphatic heterocycles. The molecule has 4 heterocycles. The van der Waals surface area contributed by atoms with Crippen molar-refractivity contribution in [3.8, 4) is 17.0 Å². The number of anilines is 2. The molecule has 0 aliphatic carbocycles. The van der Waals surface area contributed by atoms with Gasteiger partial charge in [-0.25, -0.2) is 0 Å². The highest BCUT2D eigenvalue weighted by Gasteiger charge is 2.22. The molecule has 0 unspecified atom stereocenters. The molecule has 38 heavy (non-hydrogen) atoms. The van der Waals surface area contributed by atoms with Crippen LogP contribution < -0.4 is 20.7 Å². The molecule has 3 aromatic heterocycles. The number of nitrogens with zero attached hydrogens (tertiary/aromatic N) is 5. The van der Waals surface area contributed by atoms with Crippen LogP contribution in [0.4, 0.5) is 11.9 Å². The van der Waals surface area contributed by atoms with Gasteiger partial charge in [-0.05, 0) is 37.0 Å². The van der Waals surface area contributed by atoms with Crippen molar-refractivity contribution in [2.24, 2.45) is 5.73 Å². The molecule has 0 amide bonds. The molecule has 9 nitrogen and oxygen atoms in total. The van der Waals surface area contributed by atoms with E-state index in [-0.39, 0.29) is 6.04 Å². The van der Waals surface area contributed by atoms with Crippen LogP contribution in [0.25, 0.3) is 27.8 Å². The van der Waals surface area contributed by atoms with Gasteiger partial charge < -0.3 is 25.7 Å². The number of aromatic amines is 1. The smallest absolute Gasteiger partial charge is 0.230 e. The van der Waals surface area contributed by atoms with Crippen LogP contribution in [0.5, 0.6) is 5.75 Å². The van der Waals surface area contributed by atoms with Gasteiger partial charge in [0.05, 0.1) is 13.3 Å². The van der Waals surface area contributed by atoms with Gasteiger partial charge in [0, 0.05) is 59.0 Å². The summed E-state index contributed by atoms with van der Waals surface area (Å²) in [6.07, 6.45) is 3.76. The molecule has 1 fully saturated rings. The van der Waals surface area contributed by atoms with Gasteiger partial charge >= 0.3 is 0 Å². The average Bonchev–Trinajstić information content (AvgIpc) is 3.56. The van der Waals surface area contributed by atoms with Crippen LogP contribution in [0.2, 0.25) is 0 Å². The zero-order valence-corrected chi connectivity index (χ0v) is 22.1. The maximum atomic E-state index is 6.16. The Bertz CT molecular complexity index is 1550. The first-order chi connectivity index (χ1) is 18.5. The molecule has 9 heteroatoms. The summed E-state index contributed by atoms with van der Waals surface area (Å²) in [5.41, 5.74) is 12.3. The highest BCUT2D eigenvalue weighted by molar-refractivity contribution is 5.86. The monoisotopic (exact) mass is 510 g/mol. The zero-order valence-electron chi connectivity index (χ0n) is 22.1. The van der Waals surface area contributed by atoms with Crippen LogP contribution in [0.1, 0.15) is 43.7 Å². The summed E-state index contributed by atoms with van der Waals surface area (Å²) >= 11 is 0. The van der Waals surface area contributed by atoms with Gasteiger partial charge in [0.1, 0.15) is 5.75 Å². The molecule has 1 aliphatic rings. The summed E-state index contributed by atoms with van der Waals surface area (Å²) in [6.45, 7) is 6.51. The molecular formula is C29H34N8O. The number of nitrogens with two attached hydrogens (primary N) is 1. The molecule has 0 saturated carbocycles. The van der Waals surface area contributed by atoms with Crippen molar-refractivity contribution in [1.82, 2.24) is 24.6 Å². The fourth-order valence-electron chi connectivity index (χ4n) is 5.22. The SMILES string of the molecule is COc1cccc(-c2cc3ccccc3[nH]2)c1CNc1nc(N2CCC(N)CC2)nc2c(C(C)C)cnn12.